The molecule has 39 heavy (non-hydrogen) atoms. The van der Waals surface area contributed by atoms with Crippen molar-refractivity contribution in [2.75, 3.05) is 27.9 Å². The zero-order valence-electron chi connectivity index (χ0n) is 22.6. The normalized spacial score (nSPS) is 15.2. The highest BCUT2D eigenvalue weighted by molar-refractivity contribution is 7.07. The third-order valence-corrected chi connectivity index (χ3v) is 7.72. The fourth-order valence-electron chi connectivity index (χ4n) is 5.00. The number of para-hydroxylation sites is 1. The molecule has 0 aliphatic carbocycles. The lowest BCUT2D eigenvalue weighted by Gasteiger charge is -2.26. The number of allylic oxidation sites excluding steroid dienone is 1. The number of fused-ring (bicyclic) bond motifs is 2. The summed E-state index contributed by atoms with van der Waals surface area (Å²) in [5.41, 5.74) is 3.07. The Labute approximate surface area is 228 Å². The Balaban J connectivity index is 1.79. The second-order valence-electron chi connectivity index (χ2n) is 8.97. The molecule has 1 atom stereocenters. The molecule has 10 heteroatoms. The first-order chi connectivity index (χ1) is 18.8. The molecule has 2 aromatic heterocycles. The van der Waals surface area contributed by atoms with Gasteiger partial charge in [-0.1, -0.05) is 29.5 Å². The first-order valence-corrected chi connectivity index (χ1v) is 13.2. The van der Waals surface area contributed by atoms with E-state index in [1.165, 1.54) is 32.7 Å². The van der Waals surface area contributed by atoms with Gasteiger partial charge in [0.05, 0.1) is 49.8 Å². The van der Waals surface area contributed by atoms with Gasteiger partial charge in [0.25, 0.3) is 5.56 Å². The molecule has 0 saturated carbocycles. The van der Waals surface area contributed by atoms with Gasteiger partial charge in [0.2, 0.25) is 5.75 Å². The molecule has 0 radical (unpaired) electrons. The van der Waals surface area contributed by atoms with Crippen LogP contribution in [0.4, 0.5) is 0 Å². The Kier molecular flexibility index (Phi) is 7.05. The summed E-state index contributed by atoms with van der Waals surface area (Å²) in [7, 11) is 6.53. The van der Waals surface area contributed by atoms with E-state index < -0.39 is 12.0 Å². The Morgan fingerprint density at radius 2 is 1.79 bits per heavy atom. The molecule has 0 unspecified atom stereocenters. The highest BCUT2D eigenvalue weighted by atomic mass is 32.1. The predicted octanol–water partition coefficient (Wildman–Crippen LogP) is 3.32. The molecule has 2 aromatic carbocycles. The number of thiazole rings is 1. The molecule has 0 spiro atoms. The van der Waals surface area contributed by atoms with Crippen LogP contribution in [0.2, 0.25) is 0 Å². The minimum Gasteiger partial charge on any atom is -0.493 e. The summed E-state index contributed by atoms with van der Waals surface area (Å²) in [4.78, 5) is 32.4. The third kappa shape index (κ3) is 4.40. The highest BCUT2D eigenvalue weighted by Gasteiger charge is 2.34. The number of carbonyl (C=O) groups excluding carboxylic acids is 1. The molecule has 4 aromatic rings. The Bertz CT molecular complexity index is 1790. The van der Waals surface area contributed by atoms with Gasteiger partial charge in [0, 0.05) is 29.7 Å². The van der Waals surface area contributed by atoms with E-state index in [0.29, 0.717) is 37.8 Å². The van der Waals surface area contributed by atoms with Gasteiger partial charge < -0.3 is 23.5 Å². The van der Waals surface area contributed by atoms with E-state index in [-0.39, 0.29) is 17.7 Å². The van der Waals surface area contributed by atoms with Crippen LogP contribution in [-0.2, 0) is 16.6 Å². The number of rotatable bonds is 7. The highest BCUT2D eigenvalue weighted by Crippen LogP contribution is 2.42. The first kappa shape index (κ1) is 26.3. The van der Waals surface area contributed by atoms with Gasteiger partial charge >= 0.3 is 5.97 Å². The average molecular weight is 548 g/mol. The van der Waals surface area contributed by atoms with Crippen molar-refractivity contribution in [2.24, 2.45) is 12.0 Å². The molecule has 0 saturated heterocycles. The number of benzene rings is 2. The number of carbonyl (C=O) groups is 1. The molecule has 1 aliphatic rings. The number of nitrogens with zero attached hydrogens (tertiary/aromatic N) is 3. The quantitative estimate of drug-likeness (QED) is 0.330. The maximum Gasteiger partial charge on any atom is 0.338 e. The van der Waals surface area contributed by atoms with Gasteiger partial charge in [-0.05, 0) is 43.7 Å². The van der Waals surface area contributed by atoms with Crippen LogP contribution in [-0.4, -0.2) is 43.0 Å². The Morgan fingerprint density at radius 3 is 2.44 bits per heavy atom. The predicted molar refractivity (Wildman–Crippen MR) is 149 cm³/mol. The maximum atomic E-state index is 14.0. The maximum absolute atomic E-state index is 14.0. The molecule has 5 rings (SSSR count). The van der Waals surface area contributed by atoms with E-state index in [1.54, 1.807) is 30.5 Å². The number of aromatic nitrogens is 2. The summed E-state index contributed by atoms with van der Waals surface area (Å²) < 4.78 is 26.1. The van der Waals surface area contributed by atoms with Crippen LogP contribution in [0.25, 0.3) is 17.0 Å². The molecular formula is C29H29N3O6S. The van der Waals surface area contributed by atoms with Crippen molar-refractivity contribution in [1.82, 2.24) is 9.13 Å². The molecule has 0 bridgehead atoms. The van der Waals surface area contributed by atoms with Crippen LogP contribution in [0.1, 0.15) is 31.0 Å². The van der Waals surface area contributed by atoms with Gasteiger partial charge in [-0.25, -0.2) is 9.79 Å². The van der Waals surface area contributed by atoms with Gasteiger partial charge in [0.1, 0.15) is 0 Å². The lowest BCUT2D eigenvalue weighted by atomic mass is 9.95. The van der Waals surface area contributed by atoms with Crippen LogP contribution < -0.4 is 29.1 Å². The number of hydrogen-bond acceptors (Lipinski definition) is 8. The van der Waals surface area contributed by atoms with Gasteiger partial charge in [-0.3, -0.25) is 9.36 Å². The molecule has 0 fully saturated rings. The first-order valence-electron chi connectivity index (χ1n) is 12.4. The third-order valence-electron chi connectivity index (χ3n) is 6.73. The second kappa shape index (κ2) is 10.5. The lowest BCUT2D eigenvalue weighted by Crippen LogP contribution is -2.40. The van der Waals surface area contributed by atoms with Crippen LogP contribution in [0.3, 0.4) is 0 Å². The van der Waals surface area contributed by atoms with E-state index in [0.717, 1.165) is 16.5 Å². The van der Waals surface area contributed by atoms with Crippen LogP contribution in [0.15, 0.2) is 63.7 Å². The topological polar surface area (TPSA) is 93.3 Å². The smallest absolute Gasteiger partial charge is 0.338 e. The van der Waals surface area contributed by atoms with E-state index in [1.807, 2.05) is 48.2 Å². The van der Waals surface area contributed by atoms with E-state index in [9.17, 15) is 9.59 Å². The molecule has 0 amide bonds. The van der Waals surface area contributed by atoms with Gasteiger partial charge in [-0.15, -0.1) is 0 Å². The number of methoxy groups -OCH3 is 3. The summed E-state index contributed by atoms with van der Waals surface area (Å²) in [5, 5.41) is 1.04. The van der Waals surface area contributed by atoms with Crippen LogP contribution >= 0.6 is 11.3 Å². The van der Waals surface area contributed by atoms with Crippen molar-refractivity contribution >= 4 is 34.3 Å². The number of ether oxygens (including phenoxy) is 4. The second-order valence-corrected chi connectivity index (χ2v) is 9.98. The van der Waals surface area contributed by atoms with Crippen molar-refractivity contribution in [3.8, 4) is 17.2 Å². The largest absolute Gasteiger partial charge is 0.493 e. The molecule has 202 valence electrons. The van der Waals surface area contributed by atoms with Crippen molar-refractivity contribution in [3.63, 3.8) is 0 Å². The molecule has 9 nitrogen and oxygen atoms in total. The Morgan fingerprint density at radius 1 is 1.10 bits per heavy atom. The van der Waals surface area contributed by atoms with E-state index in [4.69, 9.17) is 18.9 Å². The SMILES string of the molecule is CCOC(=O)C1=C(C)N=c2s/c(=C\c3cn(C)c4ccccc34)c(=O)n2[C@H]1c1cc(OC)c(OC)c(OC)c1. The van der Waals surface area contributed by atoms with Gasteiger partial charge in [0.15, 0.2) is 16.3 Å². The monoisotopic (exact) mass is 547 g/mol. The van der Waals surface area contributed by atoms with E-state index in [2.05, 4.69) is 4.99 Å². The summed E-state index contributed by atoms with van der Waals surface area (Å²) in [6.07, 6.45) is 3.87. The minimum absolute atomic E-state index is 0.184. The van der Waals surface area contributed by atoms with Crippen molar-refractivity contribution in [1.29, 1.82) is 0 Å². The molecule has 1 aliphatic heterocycles. The van der Waals surface area contributed by atoms with E-state index >= 15 is 0 Å². The van der Waals surface area contributed by atoms with Crippen LogP contribution in [0, 0.1) is 0 Å². The zero-order chi connectivity index (χ0) is 27.8. The van der Waals surface area contributed by atoms with Crippen molar-refractivity contribution < 1.29 is 23.7 Å². The van der Waals surface area contributed by atoms with Crippen molar-refractivity contribution in [2.45, 2.75) is 19.9 Å². The summed E-state index contributed by atoms with van der Waals surface area (Å²) >= 11 is 1.28. The number of esters is 1. The summed E-state index contributed by atoms with van der Waals surface area (Å²) in [5.74, 6) is 0.677. The summed E-state index contributed by atoms with van der Waals surface area (Å²) in [6, 6.07) is 10.7. The number of hydrogen-bond donors (Lipinski definition) is 0. The summed E-state index contributed by atoms with van der Waals surface area (Å²) in [6.45, 7) is 3.67. The van der Waals surface area contributed by atoms with Crippen molar-refractivity contribution in [3.05, 3.63) is 84.7 Å². The minimum atomic E-state index is -0.816. The number of aryl methyl sites for hydroxylation is 1. The Hall–Kier alpha value is -4.31. The average Bonchev–Trinajstić information content (AvgIpc) is 3.42. The fraction of sp³-hybridized carbons (Fsp3) is 0.276. The zero-order valence-corrected chi connectivity index (χ0v) is 23.4. The molecule has 3 heterocycles. The van der Waals surface area contributed by atoms with Crippen LogP contribution in [0.5, 0.6) is 17.2 Å². The molecule has 0 N–H and O–H groups in total. The standard InChI is InChI=1S/C29H29N3O6S/c1-7-38-28(34)24-16(2)30-29-32(25(24)17-12-21(35-4)26(37-6)22(13-17)36-5)27(33)23(39-29)14-18-15-31(3)20-11-9-8-10-19(18)20/h8-15,25H,7H2,1-6H3/b23-14-/t25-/m0/s1. The molecular weight excluding hydrogens is 518 g/mol. The fourth-order valence-corrected chi connectivity index (χ4v) is 6.03. The lowest BCUT2D eigenvalue weighted by molar-refractivity contribution is -0.139. The van der Waals surface area contributed by atoms with Gasteiger partial charge in [-0.2, -0.15) is 0 Å².